The van der Waals surface area contributed by atoms with E-state index in [-0.39, 0.29) is 24.2 Å². The second kappa shape index (κ2) is 7.25. The number of rotatable bonds is 2. The van der Waals surface area contributed by atoms with Crippen LogP contribution in [0, 0.1) is 11.3 Å². The number of aromatic nitrogens is 3. The van der Waals surface area contributed by atoms with E-state index in [1.807, 2.05) is 0 Å². The third kappa shape index (κ3) is 3.16. The zero-order valence-electron chi connectivity index (χ0n) is 17.3. The Morgan fingerprint density at radius 2 is 2.03 bits per heavy atom. The Labute approximate surface area is 183 Å². The fourth-order valence-electron chi connectivity index (χ4n) is 4.04. The van der Waals surface area contributed by atoms with E-state index in [2.05, 4.69) is 16.2 Å². The van der Waals surface area contributed by atoms with Gasteiger partial charge in [-0.15, -0.1) is 0 Å². The predicted octanol–water partition coefficient (Wildman–Crippen LogP) is 2.48. The minimum absolute atomic E-state index is 0.168. The smallest absolute Gasteiger partial charge is 0.252 e. The number of benzene rings is 1. The number of nitriles is 1. The number of carbonyl (C=O) groups is 2. The average Bonchev–Trinajstić information content (AvgIpc) is 3.07. The van der Waals surface area contributed by atoms with Crippen LogP contribution in [0.25, 0.3) is 16.8 Å². The second-order valence-electron chi connectivity index (χ2n) is 7.81. The minimum atomic E-state index is -1.03. The Bertz CT molecular complexity index is 1270. The zero-order valence-corrected chi connectivity index (χ0v) is 18.0. The van der Waals surface area contributed by atoms with Gasteiger partial charge in [-0.2, -0.15) is 10.4 Å². The number of nitrogens with zero attached hydrogens (tertiary/aromatic N) is 6. The molecule has 0 radical (unpaired) electrons. The molecule has 10 heteroatoms. The highest BCUT2D eigenvalue weighted by Gasteiger charge is 2.44. The lowest BCUT2D eigenvalue weighted by atomic mass is 9.95. The normalized spacial score (nSPS) is 15.9. The van der Waals surface area contributed by atoms with E-state index in [0.29, 0.717) is 39.6 Å². The second-order valence-corrected chi connectivity index (χ2v) is 8.22. The SMILES string of the molecule is CC(=O)N1CCN(c2cc(-c3cc(Cl)c4c(N)ncnn34)ccc2C#N)C(=O)C1(C)C. The molecule has 2 amide bonds. The van der Waals surface area contributed by atoms with Crippen molar-refractivity contribution < 1.29 is 9.59 Å². The summed E-state index contributed by atoms with van der Waals surface area (Å²) in [6.07, 6.45) is 1.33. The number of nitrogens with two attached hydrogens (primary N) is 1. The first-order chi connectivity index (χ1) is 14.7. The molecular formula is C21H20ClN7O2. The van der Waals surface area contributed by atoms with Crippen LogP contribution in [-0.2, 0) is 9.59 Å². The van der Waals surface area contributed by atoms with Gasteiger partial charge in [0.25, 0.3) is 5.91 Å². The number of halogens is 1. The standard InChI is InChI=1S/C21H20ClN7O2/c1-12(30)28-7-6-27(20(31)21(28,2)3)16-8-13(4-5-14(16)10-23)17-9-15(22)18-19(24)25-11-26-29(17)18/h4-5,8-9,11H,6-7H2,1-3H3,(H2,24,25,26). The van der Waals surface area contributed by atoms with Gasteiger partial charge >= 0.3 is 0 Å². The lowest BCUT2D eigenvalue weighted by Crippen LogP contribution is -2.64. The Balaban J connectivity index is 1.84. The Hall–Kier alpha value is -3.64. The molecule has 9 nitrogen and oxygen atoms in total. The predicted molar refractivity (Wildman–Crippen MR) is 116 cm³/mol. The van der Waals surface area contributed by atoms with Gasteiger partial charge in [-0.05, 0) is 32.0 Å². The largest absolute Gasteiger partial charge is 0.382 e. The van der Waals surface area contributed by atoms with Crippen LogP contribution < -0.4 is 10.6 Å². The van der Waals surface area contributed by atoms with Gasteiger partial charge in [0, 0.05) is 25.6 Å². The van der Waals surface area contributed by atoms with Gasteiger partial charge in [-0.3, -0.25) is 9.59 Å². The molecule has 31 heavy (non-hydrogen) atoms. The summed E-state index contributed by atoms with van der Waals surface area (Å²) in [6.45, 7) is 5.51. The van der Waals surface area contributed by atoms with Crippen LogP contribution in [0.4, 0.5) is 11.5 Å². The maximum Gasteiger partial charge on any atom is 0.252 e. The van der Waals surface area contributed by atoms with E-state index in [9.17, 15) is 14.9 Å². The number of hydrogen-bond donors (Lipinski definition) is 1. The van der Waals surface area contributed by atoms with Gasteiger partial charge in [-0.1, -0.05) is 17.7 Å². The first-order valence-electron chi connectivity index (χ1n) is 9.59. The fourth-order valence-corrected chi connectivity index (χ4v) is 4.33. The summed E-state index contributed by atoms with van der Waals surface area (Å²) in [4.78, 5) is 32.4. The zero-order chi connectivity index (χ0) is 22.5. The third-order valence-electron chi connectivity index (χ3n) is 5.61. The summed E-state index contributed by atoms with van der Waals surface area (Å²) in [5, 5.41) is 14.3. The van der Waals surface area contributed by atoms with Gasteiger partial charge in [0.1, 0.15) is 23.5 Å². The van der Waals surface area contributed by atoms with E-state index in [0.717, 1.165) is 0 Å². The number of piperazine rings is 1. The summed E-state index contributed by atoms with van der Waals surface area (Å²) in [7, 11) is 0. The van der Waals surface area contributed by atoms with Gasteiger partial charge < -0.3 is 15.5 Å². The molecule has 0 atom stereocenters. The third-order valence-corrected chi connectivity index (χ3v) is 5.90. The fraction of sp³-hybridized carbons (Fsp3) is 0.286. The van der Waals surface area contributed by atoms with Crippen molar-refractivity contribution in [1.82, 2.24) is 19.5 Å². The first kappa shape index (κ1) is 20.6. The Morgan fingerprint density at radius 3 is 2.71 bits per heavy atom. The van der Waals surface area contributed by atoms with Gasteiger partial charge in [0.2, 0.25) is 5.91 Å². The van der Waals surface area contributed by atoms with Crippen molar-refractivity contribution in [3.63, 3.8) is 0 Å². The van der Waals surface area contributed by atoms with Crippen LogP contribution in [-0.4, -0.2) is 49.9 Å². The van der Waals surface area contributed by atoms with Crippen molar-refractivity contribution in [1.29, 1.82) is 5.26 Å². The molecule has 158 valence electrons. The molecule has 1 fully saturated rings. The number of amides is 2. The number of hydrogen-bond acceptors (Lipinski definition) is 6. The lowest BCUT2D eigenvalue weighted by Gasteiger charge is -2.45. The highest BCUT2D eigenvalue weighted by Crippen LogP contribution is 2.35. The van der Waals surface area contributed by atoms with Crippen molar-refractivity contribution in [2.24, 2.45) is 0 Å². The van der Waals surface area contributed by atoms with E-state index < -0.39 is 5.54 Å². The minimum Gasteiger partial charge on any atom is -0.382 e. The van der Waals surface area contributed by atoms with Crippen molar-refractivity contribution in [2.75, 3.05) is 23.7 Å². The number of fused-ring (bicyclic) bond motifs is 1. The van der Waals surface area contributed by atoms with Gasteiger partial charge in [0.05, 0.1) is 22.0 Å². The topological polar surface area (TPSA) is 121 Å². The molecule has 1 aromatic carbocycles. The van der Waals surface area contributed by atoms with E-state index in [1.54, 1.807) is 52.4 Å². The number of carbonyl (C=O) groups excluding carboxylic acids is 2. The molecule has 0 spiro atoms. The summed E-state index contributed by atoms with van der Waals surface area (Å²) < 4.78 is 1.58. The highest BCUT2D eigenvalue weighted by molar-refractivity contribution is 6.35. The molecule has 0 saturated carbocycles. The van der Waals surface area contributed by atoms with E-state index >= 15 is 0 Å². The molecule has 1 saturated heterocycles. The van der Waals surface area contributed by atoms with Crippen LogP contribution in [0.1, 0.15) is 26.3 Å². The monoisotopic (exact) mass is 437 g/mol. The molecule has 0 bridgehead atoms. The Kier molecular flexibility index (Phi) is 4.82. The highest BCUT2D eigenvalue weighted by atomic mass is 35.5. The molecule has 0 unspecified atom stereocenters. The summed E-state index contributed by atoms with van der Waals surface area (Å²) in [5.41, 5.74) is 7.57. The van der Waals surface area contributed by atoms with E-state index in [4.69, 9.17) is 17.3 Å². The lowest BCUT2D eigenvalue weighted by molar-refractivity contribution is -0.145. The molecule has 1 aliphatic rings. The van der Waals surface area contributed by atoms with Crippen molar-refractivity contribution in [2.45, 2.75) is 26.3 Å². The molecule has 2 aromatic heterocycles. The summed E-state index contributed by atoms with van der Waals surface area (Å²) in [6, 6.07) is 9.04. The van der Waals surface area contributed by atoms with Crippen LogP contribution in [0.2, 0.25) is 5.02 Å². The van der Waals surface area contributed by atoms with E-state index in [1.165, 1.54) is 13.3 Å². The molecule has 2 N–H and O–H groups in total. The molecule has 1 aliphatic heterocycles. The van der Waals surface area contributed by atoms with Crippen LogP contribution in [0.15, 0.2) is 30.6 Å². The number of nitrogen functional groups attached to an aromatic ring is 1. The number of anilines is 2. The molecular weight excluding hydrogens is 418 g/mol. The van der Waals surface area contributed by atoms with Crippen LogP contribution in [0.5, 0.6) is 0 Å². The van der Waals surface area contributed by atoms with Gasteiger partial charge in [0.15, 0.2) is 5.82 Å². The molecule has 3 aromatic rings. The van der Waals surface area contributed by atoms with Crippen LogP contribution >= 0.6 is 11.6 Å². The first-order valence-corrected chi connectivity index (χ1v) is 9.97. The maximum atomic E-state index is 13.3. The van der Waals surface area contributed by atoms with Crippen LogP contribution in [0.3, 0.4) is 0 Å². The Morgan fingerprint density at radius 1 is 1.29 bits per heavy atom. The summed E-state index contributed by atoms with van der Waals surface area (Å²) in [5.74, 6) is -0.177. The summed E-state index contributed by atoms with van der Waals surface area (Å²) >= 11 is 6.35. The molecule has 0 aliphatic carbocycles. The molecule has 4 rings (SSSR count). The van der Waals surface area contributed by atoms with Crippen molar-refractivity contribution in [3.05, 3.63) is 41.2 Å². The van der Waals surface area contributed by atoms with Gasteiger partial charge in [-0.25, -0.2) is 9.50 Å². The molecule has 3 heterocycles. The van der Waals surface area contributed by atoms with Crippen molar-refractivity contribution >= 4 is 40.4 Å². The van der Waals surface area contributed by atoms with Crippen molar-refractivity contribution in [3.8, 4) is 17.3 Å². The quantitative estimate of drug-likeness (QED) is 0.657. The maximum absolute atomic E-state index is 13.3. The average molecular weight is 438 g/mol.